The number of hydrogen-bond acceptors (Lipinski definition) is 2. The van der Waals surface area contributed by atoms with E-state index in [2.05, 4.69) is 25.6 Å². The summed E-state index contributed by atoms with van der Waals surface area (Å²) in [7, 11) is 0. The Kier molecular flexibility index (Phi) is 4.60. The Bertz CT molecular complexity index is 137. The molecule has 0 saturated carbocycles. The molecule has 0 bridgehead atoms. The number of rotatable bonds is 5. The van der Waals surface area contributed by atoms with E-state index in [1.165, 1.54) is 37.9 Å². The minimum absolute atomic E-state index is 0.455. The Morgan fingerprint density at radius 1 is 1.38 bits per heavy atom. The third kappa shape index (κ3) is 2.88. The normalized spacial score (nSPS) is 28.6. The third-order valence-corrected chi connectivity index (χ3v) is 5.01. The van der Waals surface area contributed by atoms with E-state index in [0.29, 0.717) is 4.75 Å². The summed E-state index contributed by atoms with van der Waals surface area (Å²) in [5.74, 6) is 2.23. The smallest absolute Gasteiger partial charge is 0.0285 e. The second kappa shape index (κ2) is 5.26. The van der Waals surface area contributed by atoms with E-state index in [1.807, 2.05) is 0 Å². The predicted octanol–water partition coefficient (Wildman–Crippen LogP) is 3.04. The Balaban J connectivity index is 2.46. The molecule has 1 atom stereocenters. The number of hydrogen-bond donors (Lipinski definition) is 1. The predicted molar refractivity (Wildman–Crippen MR) is 62.2 cm³/mol. The van der Waals surface area contributed by atoms with Crippen LogP contribution in [0.25, 0.3) is 0 Å². The van der Waals surface area contributed by atoms with Crippen LogP contribution in [0.3, 0.4) is 0 Å². The maximum absolute atomic E-state index is 5.91. The van der Waals surface area contributed by atoms with Crippen LogP contribution in [0.5, 0.6) is 0 Å². The van der Waals surface area contributed by atoms with Crippen molar-refractivity contribution in [2.45, 2.75) is 50.7 Å². The molecule has 13 heavy (non-hydrogen) atoms. The molecule has 1 unspecified atom stereocenters. The van der Waals surface area contributed by atoms with Crippen molar-refractivity contribution < 1.29 is 0 Å². The highest BCUT2D eigenvalue weighted by Crippen LogP contribution is 2.43. The van der Waals surface area contributed by atoms with E-state index in [-0.39, 0.29) is 0 Å². The minimum atomic E-state index is 0.455. The Labute approximate surface area is 86.8 Å². The van der Waals surface area contributed by atoms with Gasteiger partial charge >= 0.3 is 0 Å². The van der Waals surface area contributed by atoms with Crippen LogP contribution in [-0.4, -0.2) is 17.0 Å². The first-order chi connectivity index (χ1) is 6.26. The first-order valence-corrected chi connectivity index (χ1v) is 6.59. The molecule has 1 aliphatic rings. The molecule has 0 aliphatic carbocycles. The first kappa shape index (κ1) is 11.4. The molecule has 1 fully saturated rings. The summed E-state index contributed by atoms with van der Waals surface area (Å²) in [6, 6.07) is 0. The van der Waals surface area contributed by atoms with E-state index < -0.39 is 0 Å². The lowest BCUT2D eigenvalue weighted by Crippen LogP contribution is -2.33. The average molecular weight is 201 g/mol. The average Bonchev–Trinajstić information content (AvgIpc) is 2.63. The molecule has 0 aromatic rings. The van der Waals surface area contributed by atoms with Gasteiger partial charge in [-0.1, -0.05) is 26.7 Å². The highest BCUT2D eigenvalue weighted by atomic mass is 32.2. The quantitative estimate of drug-likeness (QED) is 0.740. The maximum atomic E-state index is 5.91. The van der Waals surface area contributed by atoms with Gasteiger partial charge in [0.15, 0.2) is 0 Å². The van der Waals surface area contributed by atoms with Gasteiger partial charge in [0.25, 0.3) is 0 Å². The summed E-state index contributed by atoms with van der Waals surface area (Å²) in [4.78, 5) is 0. The SMILES string of the molecule is CCC(CC)CC1(CN)CCCS1. The van der Waals surface area contributed by atoms with Gasteiger partial charge in [-0.15, -0.1) is 0 Å². The van der Waals surface area contributed by atoms with Gasteiger partial charge in [-0.05, 0) is 30.9 Å². The van der Waals surface area contributed by atoms with Crippen LogP contribution in [0.2, 0.25) is 0 Å². The van der Waals surface area contributed by atoms with E-state index in [1.54, 1.807) is 0 Å². The van der Waals surface area contributed by atoms with E-state index >= 15 is 0 Å². The lowest BCUT2D eigenvalue weighted by Gasteiger charge is -2.30. The molecule has 0 amide bonds. The molecule has 2 heteroatoms. The fourth-order valence-corrected chi connectivity index (χ4v) is 3.75. The standard InChI is InChI=1S/C11H23NS/c1-3-10(4-2)8-11(9-12)6-5-7-13-11/h10H,3-9,12H2,1-2H3. The summed E-state index contributed by atoms with van der Waals surface area (Å²) < 4.78 is 0.455. The molecular weight excluding hydrogens is 178 g/mol. The van der Waals surface area contributed by atoms with Crippen molar-refractivity contribution in [1.29, 1.82) is 0 Å². The van der Waals surface area contributed by atoms with Crippen molar-refractivity contribution in [1.82, 2.24) is 0 Å². The Hall–Kier alpha value is 0.310. The molecule has 1 nitrogen and oxygen atoms in total. The van der Waals surface area contributed by atoms with Crippen LogP contribution < -0.4 is 5.73 Å². The highest BCUT2D eigenvalue weighted by molar-refractivity contribution is 8.00. The van der Waals surface area contributed by atoms with Gasteiger partial charge in [0.05, 0.1) is 0 Å². The van der Waals surface area contributed by atoms with Crippen molar-refractivity contribution >= 4 is 11.8 Å². The molecule has 1 saturated heterocycles. The van der Waals surface area contributed by atoms with Crippen LogP contribution in [0, 0.1) is 5.92 Å². The first-order valence-electron chi connectivity index (χ1n) is 5.60. The summed E-state index contributed by atoms with van der Waals surface area (Å²) in [5.41, 5.74) is 5.91. The summed E-state index contributed by atoms with van der Waals surface area (Å²) in [5, 5.41) is 0. The summed E-state index contributed by atoms with van der Waals surface area (Å²) >= 11 is 2.12. The van der Waals surface area contributed by atoms with Gasteiger partial charge in [0.1, 0.15) is 0 Å². The summed E-state index contributed by atoms with van der Waals surface area (Å²) in [6.07, 6.45) is 6.71. The van der Waals surface area contributed by atoms with Gasteiger partial charge in [-0.3, -0.25) is 0 Å². The van der Waals surface area contributed by atoms with Gasteiger partial charge in [-0.25, -0.2) is 0 Å². The van der Waals surface area contributed by atoms with Gasteiger partial charge in [0.2, 0.25) is 0 Å². The van der Waals surface area contributed by atoms with Crippen molar-refractivity contribution in [3.05, 3.63) is 0 Å². The number of thioether (sulfide) groups is 1. The second-order valence-corrected chi connectivity index (χ2v) is 5.79. The second-order valence-electron chi connectivity index (χ2n) is 4.23. The van der Waals surface area contributed by atoms with Crippen molar-refractivity contribution in [2.75, 3.05) is 12.3 Å². The topological polar surface area (TPSA) is 26.0 Å². The maximum Gasteiger partial charge on any atom is 0.0285 e. The molecule has 0 radical (unpaired) electrons. The molecule has 0 aromatic carbocycles. The molecule has 78 valence electrons. The molecule has 1 heterocycles. The van der Waals surface area contributed by atoms with Crippen molar-refractivity contribution in [3.63, 3.8) is 0 Å². The van der Waals surface area contributed by atoms with Crippen LogP contribution in [0.1, 0.15) is 46.0 Å². The van der Waals surface area contributed by atoms with Gasteiger partial charge in [-0.2, -0.15) is 11.8 Å². The summed E-state index contributed by atoms with van der Waals surface area (Å²) in [6.45, 7) is 5.49. The Morgan fingerprint density at radius 2 is 2.08 bits per heavy atom. The molecule has 1 rings (SSSR count). The van der Waals surface area contributed by atoms with Crippen LogP contribution in [0.15, 0.2) is 0 Å². The van der Waals surface area contributed by atoms with Crippen LogP contribution >= 0.6 is 11.8 Å². The molecule has 1 aliphatic heterocycles. The monoisotopic (exact) mass is 201 g/mol. The Morgan fingerprint density at radius 3 is 2.46 bits per heavy atom. The fraction of sp³-hybridized carbons (Fsp3) is 1.00. The van der Waals surface area contributed by atoms with E-state index in [0.717, 1.165) is 12.5 Å². The zero-order chi connectivity index (χ0) is 9.73. The van der Waals surface area contributed by atoms with Crippen molar-refractivity contribution in [2.24, 2.45) is 11.7 Å². The van der Waals surface area contributed by atoms with Crippen LogP contribution in [-0.2, 0) is 0 Å². The molecular formula is C11H23NS. The van der Waals surface area contributed by atoms with E-state index in [9.17, 15) is 0 Å². The molecule has 0 spiro atoms. The lowest BCUT2D eigenvalue weighted by molar-refractivity contribution is 0.378. The highest BCUT2D eigenvalue weighted by Gasteiger charge is 2.34. The number of nitrogens with two attached hydrogens (primary N) is 1. The zero-order valence-corrected chi connectivity index (χ0v) is 9.83. The fourth-order valence-electron chi connectivity index (χ4n) is 2.26. The van der Waals surface area contributed by atoms with E-state index in [4.69, 9.17) is 5.73 Å². The van der Waals surface area contributed by atoms with Crippen molar-refractivity contribution in [3.8, 4) is 0 Å². The third-order valence-electron chi connectivity index (χ3n) is 3.37. The van der Waals surface area contributed by atoms with Gasteiger partial charge < -0.3 is 5.73 Å². The molecule has 2 N–H and O–H groups in total. The molecule has 0 aromatic heterocycles. The minimum Gasteiger partial charge on any atom is -0.329 e. The zero-order valence-electron chi connectivity index (χ0n) is 9.01. The van der Waals surface area contributed by atoms with Gasteiger partial charge in [0, 0.05) is 11.3 Å². The lowest BCUT2D eigenvalue weighted by atomic mass is 9.87. The largest absolute Gasteiger partial charge is 0.329 e. The van der Waals surface area contributed by atoms with Crippen LogP contribution in [0.4, 0.5) is 0 Å².